The zero-order chi connectivity index (χ0) is 10.6. The van der Waals surface area contributed by atoms with E-state index < -0.39 is 0 Å². The van der Waals surface area contributed by atoms with Gasteiger partial charge in [-0.15, -0.1) is 0 Å². The fraction of sp³-hybridized carbons (Fsp3) is 0.500. The summed E-state index contributed by atoms with van der Waals surface area (Å²) in [7, 11) is 0. The van der Waals surface area contributed by atoms with Crippen molar-refractivity contribution in [1.29, 1.82) is 0 Å². The zero-order valence-electron chi connectivity index (χ0n) is 9.98. The average Bonchev–Trinajstić information content (AvgIpc) is 2.63. The Morgan fingerprint density at radius 3 is 0.737 bits per heavy atom. The fourth-order valence-corrected chi connectivity index (χ4v) is 0.930. The number of hydrogen-bond acceptors (Lipinski definition) is 4. The molecule has 0 spiro atoms. The number of carbonyl (C=O) groups excluding carboxylic acids is 4. The first kappa shape index (κ1) is 30.6. The molecule has 11 heteroatoms. The first-order valence-corrected chi connectivity index (χ1v) is 4.13. The van der Waals surface area contributed by atoms with Gasteiger partial charge in [-0.3, -0.25) is 0 Å². The minimum absolute atomic E-state index is 0. The Hall–Kier alpha value is -1.39. The first-order chi connectivity index (χ1) is 6.58. The number of hydrogen-bond donors (Lipinski definition) is 0. The smallest absolute Gasteiger partial charge is 0.596 e. The molecule has 0 radical (unpaired) electrons. The molecule has 10 nitrogen and oxygen atoms in total. The van der Waals surface area contributed by atoms with E-state index in [1.807, 2.05) is 0 Å². The predicted octanol–water partition coefficient (Wildman–Crippen LogP) is -3.28. The summed E-state index contributed by atoms with van der Waals surface area (Å²) >= 11 is 0. The molecular weight excluding hydrogens is 311 g/mol. The van der Waals surface area contributed by atoms with Gasteiger partial charge in [0.2, 0.25) is 0 Å². The monoisotopic (exact) mass is 330 g/mol. The third-order valence-corrected chi connectivity index (χ3v) is 1.60. The topological polar surface area (TPSA) is 228 Å². The maximum Gasteiger partial charge on any atom is 2.00 e. The van der Waals surface area contributed by atoms with Crippen LogP contribution in [0.25, 0.3) is 10.6 Å². The van der Waals surface area contributed by atoms with Gasteiger partial charge in [0, 0.05) is 0 Å². The van der Waals surface area contributed by atoms with Crippen LogP contribution in [0.4, 0.5) is 0 Å². The molecule has 2 rings (SSSR count). The van der Waals surface area contributed by atoms with Crippen LogP contribution in [-0.4, -0.2) is 23.6 Å². The molecule has 0 aromatic heterocycles. The van der Waals surface area contributed by atoms with Crippen molar-refractivity contribution >= 4 is 23.6 Å². The Bertz CT molecular complexity index is 251. The van der Waals surface area contributed by atoms with Crippen molar-refractivity contribution in [1.82, 2.24) is 0 Å². The van der Waals surface area contributed by atoms with Crippen LogP contribution < -0.4 is 0 Å². The number of carbonyl (C=O) groups is 4. The molecule has 0 atom stereocenters. The molecule has 0 aliphatic carbocycles. The maximum absolute atomic E-state index is 10.1. The zero-order valence-corrected chi connectivity index (χ0v) is 11.0. The minimum atomic E-state index is -0.273. The van der Waals surface area contributed by atoms with Crippen molar-refractivity contribution in [2.24, 2.45) is 0 Å². The number of imide groups is 2. The SMILES string of the molecule is O=C1CCC(=O)[N-]1.O=C1CCC(=O)[N-]1.[Ni+2].[OH3+].[OH3+].[OH3+].[OH3+]. The molecule has 2 aliphatic heterocycles. The molecule has 19 heavy (non-hydrogen) atoms. The van der Waals surface area contributed by atoms with Gasteiger partial charge in [-0.2, -0.15) is 0 Å². The summed E-state index contributed by atoms with van der Waals surface area (Å²) < 4.78 is 0. The van der Waals surface area contributed by atoms with E-state index in [1.165, 1.54) is 0 Å². The molecule has 2 saturated heterocycles. The van der Waals surface area contributed by atoms with E-state index >= 15 is 0 Å². The fourth-order valence-electron chi connectivity index (χ4n) is 0.930. The molecule has 0 aromatic rings. The Kier molecular flexibility index (Phi) is 23.6. The van der Waals surface area contributed by atoms with E-state index in [-0.39, 0.29) is 62.0 Å². The van der Waals surface area contributed by atoms with Crippen LogP contribution in [0.15, 0.2) is 0 Å². The summed E-state index contributed by atoms with van der Waals surface area (Å²) in [5.74, 6) is -1.09. The standard InChI is InChI=1S/2C4H5NO2.Ni.4H2O/c2*6-3-1-2-4(7)5-3;;;;;/h2*1-2H2,(H,5,6,7);;4*1H2/q;;+2;;;;/p+2. The summed E-state index contributed by atoms with van der Waals surface area (Å²) in [5.41, 5.74) is 0. The van der Waals surface area contributed by atoms with E-state index in [1.54, 1.807) is 0 Å². The number of rotatable bonds is 0. The Balaban J connectivity index is -0.0000000544. The van der Waals surface area contributed by atoms with Gasteiger partial charge in [-0.25, -0.2) is 0 Å². The molecule has 2 aliphatic rings. The van der Waals surface area contributed by atoms with Crippen LogP contribution in [0.2, 0.25) is 0 Å². The molecule has 0 saturated carbocycles. The molecule has 2 heterocycles. The molecule has 0 bridgehead atoms. The van der Waals surface area contributed by atoms with Crippen molar-refractivity contribution in [3.63, 3.8) is 0 Å². The summed E-state index contributed by atoms with van der Waals surface area (Å²) in [6.45, 7) is 0. The third kappa shape index (κ3) is 12.9. The number of amides is 4. The largest absolute Gasteiger partial charge is 2.00 e. The van der Waals surface area contributed by atoms with Crippen LogP contribution in [-0.2, 0) is 57.6 Å². The van der Waals surface area contributed by atoms with Crippen LogP contribution >= 0.6 is 0 Å². The molecule has 116 valence electrons. The van der Waals surface area contributed by atoms with Gasteiger partial charge in [0.25, 0.3) is 0 Å². The van der Waals surface area contributed by atoms with Crippen LogP contribution in [0.1, 0.15) is 25.7 Å². The van der Waals surface area contributed by atoms with Gasteiger partial charge < -0.3 is 51.7 Å². The second-order valence-corrected chi connectivity index (χ2v) is 2.80. The Morgan fingerprint density at radius 2 is 0.684 bits per heavy atom. The van der Waals surface area contributed by atoms with Crippen molar-refractivity contribution < 1.29 is 57.6 Å². The van der Waals surface area contributed by atoms with Gasteiger partial charge in [0.15, 0.2) is 0 Å². The van der Waals surface area contributed by atoms with Crippen molar-refractivity contribution in [2.45, 2.75) is 25.7 Å². The Morgan fingerprint density at radius 1 is 0.526 bits per heavy atom. The molecule has 4 amide bonds. The van der Waals surface area contributed by atoms with Crippen LogP contribution in [0, 0.1) is 0 Å². The van der Waals surface area contributed by atoms with Crippen LogP contribution in [0.5, 0.6) is 0 Å². The quantitative estimate of drug-likeness (QED) is 0.252. The maximum atomic E-state index is 10.1. The van der Waals surface area contributed by atoms with Crippen LogP contribution in [0.3, 0.4) is 0 Å². The van der Waals surface area contributed by atoms with Gasteiger partial charge in [-0.1, -0.05) is 0 Å². The van der Waals surface area contributed by atoms with Gasteiger partial charge >= 0.3 is 16.5 Å². The second kappa shape index (κ2) is 14.7. The van der Waals surface area contributed by atoms with Gasteiger partial charge in [0.1, 0.15) is 0 Å². The molecular formula is C8H20N2NiO8+4. The van der Waals surface area contributed by atoms with E-state index in [0.717, 1.165) is 0 Å². The summed E-state index contributed by atoms with van der Waals surface area (Å²) in [6.07, 6.45) is 1.27. The van der Waals surface area contributed by atoms with Crippen molar-refractivity contribution in [3.05, 3.63) is 10.6 Å². The van der Waals surface area contributed by atoms with Gasteiger partial charge in [-0.05, 0) is 25.7 Å². The molecule has 12 N–H and O–H groups in total. The summed E-state index contributed by atoms with van der Waals surface area (Å²) in [5, 5.41) is 6.22. The van der Waals surface area contributed by atoms with Gasteiger partial charge in [0.05, 0.1) is 23.6 Å². The third-order valence-electron chi connectivity index (χ3n) is 1.60. The molecule has 2 fully saturated rings. The molecule has 0 aromatic carbocycles. The van der Waals surface area contributed by atoms with E-state index in [0.29, 0.717) is 25.7 Å². The van der Waals surface area contributed by atoms with Crippen molar-refractivity contribution in [2.75, 3.05) is 0 Å². The van der Waals surface area contributed by atoms with E-state index in [9.17, 15) is 19.2 Å². The van der Waals surface area contributed by atoms with E-state index in [2.05, 4.69) is 10.6 Å². The summed E-state index contributed by atoms with van der Waals surface area (Å²) in [6, 6.07) is 0. The summed E-state index contributed by atoms with van der Waals surface area (Å²) in [4.78, 5) is 40.3. The number of nitrogens with zero attached hydrogens (tertiary/aromatic N) is 2. The first-order valence-electron chi connectivity index (χ1n) is 4.13. The van der Waals surface area contributed by atoms with Crippen molar-refractivity contribution in [3.8, 4) is 0 Å². The van der Waals surface area contributed by atoms with E-state index in [4.69, 9.17) is 0 Å². The normalized spacial score (nSPS) is 14.7. The second-order valence-electron chi connectivity index (χ2n) is 2.80. The average molecular weight is 331 g/mol. The predicted molar refractivity (Wildman–Crippen MR) is 64.7 cm³/mol. The minimum Gasteiger partial charge on any atom is -0.596 e. The molecule has 0 unspecified atom stereocenters. The Labute approximate surface area is 118 Å².